The van der Waals surface area contributed by atoms with Crippen molar-refractivity contribution in [1.82, 2.24) is 14.6 Å². The van der Waals surface area contributed by atoms with Gasteiger partial charge in [0.1, 0.15) is 0 Å². The van der Waals surface area contributed by atoms with Crippen LogP contribution in [0.2, 0.25) is 5.02 Å². The van der Waals surface area contributed by atoms with E-state index in [1.54, 1.807) is 11.3 Å². The van der Waals surface area contributed by atoms with Gasteiger partial charge in [-0.1, -0.05) is 35.1 Å². The first-order valence-corrected chi connectivity index (χ1v) is 9.53. The number of ether oxygens (including phenoxy) is 2. The first-order valence-electron chi connectivity index (χ1n) is 8.33. The van der Waals surface area contributed by atoms with Gasteiger partial charge in [0.15, 0.2) is 0 Å². The highest BCUT2D eigenvalue weighted by Crippen LogP contribution is 2.25. The first kappa shape index (κ1) is 16.8. The second-order valence-corrected chi connectivity index (χ2v) is 7.30. The van der Waals surface area contributed by atoms with Crippen molar-refractivity contribution in [3.8, 4) is 11.3 Å². The lowest BCUT2D eigenvalue weighted by molar-refractivity contribution is 0.0427. The molecule has 1 aliphatic rings. The largest absolute Gasteiger partial charge is 0.379 e. The highest BCUT2D eigenvalue weighted by atomic mass is 35.5. The molecule has 0 amide bonds. The predicted molar refractivity (Wildman–Crippen MR) is 99.6 cm³/mol. The molecule has 1 aliphatic heterocycles. The van der Waals surface area contributed by atoms with Gasteiger partial charge in [-0.2, -0.15) is 0 Å². The molecule has 0 aliphatic carbocycles. The van der Waals surface area contributed by atoms with Crippen LogP contribution in [-0.2, 0) is 9.47 Å². The third kappa shape index (κ3) is 4.12. The molecule has 3 aromatic rings. The van der Waals surface area contributed by atoms with Crippen LogP contribution in [0.25, 0.3) is 16.2 Å². The number of imidazole rings is 1. The molecule has 1 unspecified atom stereocenters. The minimum atomic E-state index is 0.273. The molecule has 0 radical (unpaired) electrons. The van der Waals surface area contributed by atoms with Crippen molar-refractivity contribution in [3.63, 3.8) is 0 Å². The Bertz CT molecular complexity index is 795. The maximum absolute atomic E-state index is 5.93. The summed E-state index contributed by atoms with van der Waals surface area (Å²) in [7, 11) is 0. The molecular formula is C17H19ClN4O2S. The summed E-state index contributed by atoms with van der Waals surface area (Å²) in [6, 6.07) is 7.65. The van der Waals surface area contributed by atoms with Crippen LogP contribution in [0.5, 0.6) is 0 Å². The lowest BCUT2D eigenvalue weighted by atomic mass is 10.2. The monoisotopic (exact) mass is 378 g/mol. The molecule has 8 heteroatoms. The summed E-state index contributed by atoms with van der Waals surface area (Å²) in [5.74, 6) is 0. The van der Waals surface area contributed by atoms with Crippen molar-refractivity contribution in [2.24, 2.45) is 0 Å². The Morgan fingerprint density at radius 1 is 1.36 bits per heavy atom. The normalized spacial score (nSPS) is 17.4. The number of aromatic nitrogens is 3. The Kier molecular flexibility index (Phi) is 5.17. The van der Waals surface area contributed by atoms with Crippen molar-refractivity contribution in [2.45, 2.75) is 18.9 Å². The van der Waals surface area contributed by atoms with Gasteiger partial charge in [0.2, 0.25) is 10.1 Å². The minimum Gasteiger partial charge on any atom is -0.379 e. The molecule has 1 N–H and O–H groups in total. The van der Waals surface area contributed by atoms with Crippen molar-refractivity contribution >= 4 is 33.0 Å². The van der Waals surface area contributed by atoms with E-state index in [0.29, 0.717) is 0 Å². The van der Waals surface area contributed by atoms with E-state index < -0.39 is 0 Å². The quantitative estimate of drug-likeness (QED) is 0.635. The fourth-order valence-corrected chi connectivity index (χ4v) is 3.63. The molecule has 0 bridgehead atoms. The van der Waals surface area contributed by atoms with Crippen molar-refractivity contribution in [3.05, 3.63) is 35.5 Å². The number of fused-ring (bicyclic) bond motifs is 1. The number of benzene rings is 1. The average Bonchev–Trinajstić information content (AvgIpc) is 3.31. The summed E-state index contributed by atoms with van der Waals surface area (Å²) in [4.78, 5) is 5.49. The Hall–Kier alpha value is -1.67. The fraction of sp³-hybridized carbons (Fsp3) is 0.412. The van der Waals surface area contributed by atoms with Crippen molar-refractivity contribution in [2.75, 3.05) is 31.7 Å². The topological polar surface area (TPSA) is 60.7 Å². The van der Waals surface area contributed by atoms with E-state index >= 15 is 0 Å². The average molecular weight is 379 g/mol. The highest BCUT2D eigenvalue weighted by molar-refractivity contribution is 7.20. The van der Waals surface area contributed by atoms with Crippen LogP contribution in [0.1, 0.15) is 12.8 Å². The number of rotatable bonds is 7. The number of hydrogen-bond acceptors (Lipinski definition) is 6. The third-order valence-electron chi connectivity index (χ3n) is 4.02. The smallest absolute Gasteiger partial charge is 0.214 e. The summed E-state index contributed by atoms with van der Waals surface area (Å²) < 4.78 is 12.8. The van der Waals surface area contributed by atoms with Crippen molar-refractivity contribution in [1.29, 1.82) is 0 Å². The Morgan fingerprint density at radius 3 is 3.00 bits per heavy atom. The van der Waals surface area contributed by atoms with E-state index in [4.69, 9.17) is 21.1 Å². The van der Waals surface area contributed by atoms with Crippen LogP contribution in [0.15, 0.2) is 30.5 Å². The highest BCUT2D eigenvalue weighted by Gasteiger charge is 2.15. The number of anilines is 1. The number of halogens is 1. The maximum Gasteiger partial charge on any atom is 0.214 e. The Morgan fingerprint density at radius 2 is 2.24 bits per heavy atom. The van der Waals surface area contributed by atoms with E-state index in [1.807, 2.05) is 35.0 Å². The van der Waals surface area contributed by atoms with Gasteiger partial charge in [-0.3, -0.25) is 0 Å². The lowest BCUT2D eigenvalue weighted by Gasteiger charge is -2.09. The molecule has 3 heterocycles. The SMILES string of the molecule is Clc1ccc(-c2cn3nc(NCCCOC4CCOC4)sc3n2)cc1. The third-order valence-corrected chi connectivity index (χ3v) is 5.15. The molecule has 0 saturated carbocycles. The van der Waals surface area contributed by atoms with Gasteiger partial charge < -0.3 is 14.8 Å². The fourth-order valence-electron chi connectivity index (χ4n) is 2.69. The summed E-state index contributed by atoms with van der Waals surface area (Å²) in [5, 5.41) is 9.45. The first-order chi connectivity index (χ1) is 12.3. The molecule has 1 atom stereocenters. The van der Waals surface area contributed by atoms with Crippen molar-refractivity contribution < 1.29 is 9.47 Å². The van der Waals surface area contributed by atoms with Crippen LogP contribution in [0.3, 0.4) is 0 Å². The second-order valence-electron chi connectivity index (χ2n) is 5.90. The van der Waals surface area contributed by atoms with Crippen LogP contribution in [0, 0.1) is 0 Å². The van der Waals surface area contributed by atoms with Gasteiger partial charge in [0.05, 0.1) is 24.6 Å². The summed E-state index contributed by atoms with van der Waals surface area (Å²) in [6.45, 7) is 3.12. The van der Waals surface area contributed by atoms with Crippen LogP contribution >= 0.6 is 22.9 Å². The van der Waals surface area contributed by atoms with Crippen LogP contribution in [0.4, 0.5) is 5.13 Å². The van der Waals surface area contributed by atoms with Crippen LogP contribution < -0.4 is 5.32 Å². The predicted octanol–water partition coefficient (Wildman–Crippen LogP) is 3.72. The van der Waals surface area contributed by atoms with E-state index in [2.05, 4.69) is 15.4 Å². The lowest BCUT2D eigenvalue weighted by Crippen LogP contribution is -2.15. The molecule has 25 heavy (non-hydrogen) atoms. The zero-order chi connectivity index (χ0) is 17.1. The van der Waals surface area contributed by atoms with Gasteiger partial charge in [-0.15, -0.1) is 5.10 Å². The molecule has 132 valence electrons. The molecule has 2 aromatic heterocycles. The van der Waals surface area contributed by atoms with E-state index in [9.17, 15) is 0 Å². The van der Waals surface area contributed by atoms with Gasteiger partial charge in [0.25, 0.3) is 0 Å². The molecular weight excluding hydrogens is 360 g/mol. The molecule has 1 aromatic carbocycles. The number of nitrogens with one attached hydrogen (secondary N) is 1. The molecule has 4 rings (SSSR count). The Balaban J connectivity index is 1.29. The minimum absolute atomic E-state index is 0.273. The Labute approximate surface area is 154 Å². The molecule has 1 fully saturated rings. The number of hydrogen-bond donors (Lipinski definition) is 1. The summed E-state index contributed by atoms with van der Waals surface area (Å²) in [5.41, 5.74) is 1.93. The van der Waals surface area contributed by atoms with Gasteiger partial charge in [-0.05, 0) is 25.0 Å². The van der Waals surface area contributed by atoms with Crippen LogP contribution in [-0.4, -0.2) is 47.1 Å². The molecule has 0 spiro atoms. The summed E-state index contributed by atoms with van der Waals surface area (Å²) >= 11 is 7.47. The molecule has 1 saturated heterocycles. The molecule has 6 nitrogen and oxygen atoms in total. The van der Waals surface area contributed by atoms with E-state index in [1.165, 1.54) is 0 Å². The van der Waals surface area contributed by atoms with Gasteiger partial charge in [-0.25, -0.2) is 9.50 Å². The van der Waals surface area contributed by atoms with Gasteiger partial charge >= 0.3 is 0 Å². The maximum atomic E-state index is 5.93. The zero-order valence-electron chi connectivity index (χ0n) is 13.7. The van der Waals surface area contributed by atoms with Gasteiger partial charge in [0, 0.05) is 30.3 Å². The second kappa shape index (κ2) is 7.70. The van der Waals surface area contributed by atoms with E-state index in [-0.39, 0.29) is 6.10 Å². The van der Waals surface area contributed by atoms with E-state index in [0.717, 1.165) is 65.6 Å². The number of nitrogens with zero attached hydrogens (tertiary/aromatic N) is 3. The zero-order valence-corrected chi connectivity index (χ0v) is 15.2. The summed E-state index contributed by atoms with van der Waals surface area (Å²) in [6.07, 6.45) is 4.15. The standard InChI is InChI=1S/C17H19ClN4O2S/c18-13-4-2-12(3-5-13)15-10-22-17(20-15)25-16(21-22)19-7-1-8-24-14-6-9-23-11-14/h2-5,10,14H,1,6-9,11H2,(H,19,21).